The Morgan fingerprint density at radius 3 is 2.61 bits per heavy atom. The predicted octanol–water partition coefficient (Wildman–Crippen LogP) is 2.32. The van der Waals surface area contributed by atoms with Crippen LogP contribution in [0.3, 0.4) is 0 Å². The minimum Gasteiger partial charge on any atom is -0.353 e. The highest BCUT2D eigenvalue weighted by atomic mass is 16.2. The fraction of sp³-hybridized carbons (Fsp3) is 0.933. The third-order valence-corrected chi connectivity index (χ3v) is 4.93. The summed E-state index contributed by atoms with van der Waals surface area (Å²) < 4.78 is 0. The third-order valence-electron chi connectivity index (χ3n) is 4.93. The molecule has 1 aliphatic carbocycles. The van der Waals surface area contributed by atoms with Crippen LogP contribution >= 0.6 is 0 Å². The van der Waals surface area contributed by atoms with E-state index in [2.05, 4.69) is 31.4 Å². The molecule has 1 saturated heterocycles. The summed E-state index contributed by atoms with van der Waals surface area (Å²) in [5, 5.41) is 6.70. The van der Waals surface area contributed by atoms with Crippen molar-refractivity contribution in [2.24, 2.45) is 17.3 Å². The standard InChI is InChI=1S/C15H28N2O/c1-11-6-7-13(9-11)17-14(18)15(2,3)12-5-4-8-16-10-12/h11-13,16H,4-10H2,1-3H3,(H,17,18). The first kappa shape index (κ1) is 13.9. The lowest BCUT2D eigenvalue weighted by Gasteiger charge is -2.36. The van der Waals surface area contributed by atoms with E-state index < -0.39 is 0 Å². The van der Waals surface area contributed by atoms with Crippen molar-refractivity contribution < 1.29 is 4.79 Å². The normalized spacial score (nSPS) is 33.4. The smallest absolute Gasteiger partial charge is 0.226 e. The fourth-order valence-electron chi connectivity index (χ4n) is 3.36. The molecule has 0 aromatic heterocycles. The summed E-state index contributed by atoms with van der Waals surface area (Å²) in [6.07, 6.45) is 5.95. The van der Waals surface area contributed by atoms with Gasteiger partial charge in [0, 0.05) is 11.5 Å². The average Bonchev–Trinajstić information content (AvgIpc) is 2.76. The van der Waals surface area contributed by atoms with Crippen LogP contribution in [0.15, 0.2) is 0 Å². The first-order valence-electron chi connectivity index (χ1n) is 7.52. The van der Waals surface area contributed by atoms with E-state index in [4.69, 9.17) is 0 Å². The van der Waals surface area contributed by atoms with Crippen molar-refractivity contribution in [3.63, 3.8) is 0 Å². The molecule has 1 aliphatic heterocycles. The number of nitrogens with one attached hydrogen (secondary N) is 2. The van der Waals surface area contributed by atoms with Crippen LogP contribution in [0, 0.1) is 17.3 Å². The van der Waals surface area contributed by atoms with Gasteiger partial charge in [0.1, 0.15) is 0 Å². The molecule has 0 aromatic carbocycles. The van der Waals surface area contributed by atoms with Gasteiger partial charge >= 0.3 is 0 Å². The average molecular weight is 252 g/mol. The van der Waals surface area contributed by atoms with Gasteiger partial charge in [0.25, 0.3) is 0 Å². The highest BCUT2D eigenvalue weighted by Gasteiger charge is 2.38. The van der Waals surface area contributed by atoms with Gasteiger partial charge in [-0.3, -0.25) is 4.79 Å². The zero-order valence-corrected chi connectivity index (χ0v) is 12.1. The monoisotopic (exact) mass is 252 g/mol. The van der Waals surface area contributed by atoms with Gasteiger partial charge in [-0.25, -0.2) is 0 Å². The summed E-state index contributed by atoms with van der Waals surface area (Å²) in [5.41, 5.74) is -0.237. The second-order valence-electron chi connectivity index (χ2n) is 6.85. The van der Waals surface area contributed by atoms with E-state index in [9.17, 15) is 4.79 Å². The lowest BCUT2D eigenvalue weighted by molar-refractivity contribution is -0.133. The number of rotatable bonds is 3. The molecule has 3 atom stereocenters. The molecule has 0 bridgehead atoms. The highest BCUT2D eigenvalue weighted by molar-refractivity contribution is 5.82. The summed E-state index contributed by atoms with van der Waals surface area (Å²) >= 11 is 0. The Morgan fingerprint density at radius 1 is 1.28 bits per heavy atom. The molecule has 1 amide bonds. The Hall–Kier alpha value is -0.570. The van der Waals surface area contributed by atoms with Crippen molar-refractivity contribution in [2.45, 2.75) is 58.9 Å². The van der Waals surface area contributed by atoms with Crippen LogP contribution in [0.2, 0.25) is 0 Å². The van der Waals surface area contributed by atoms with Crippen molar-refractivity contribution >= 4 is 5.91 Å². The number of piperidine rings is 1. The van der Waals surface area contributed by atoms with Crippen LogP contribution in [-0.4, -0.2) is 25.0 Å². The summed E-state index contributed by atoms with van der Waals surface area (Å²) in [6.45, 7) is 8.59. The number of carbonyl (C=O) groups is 1. The van der Waals surface area contributed by atoms with Gasteiger partial charge in [-0.1, -0.05) is 20.8 Å². The van der Waals surface area contributed by atoms with Crippen LogP contribution in [0.4, 0.5) is 0 Å². The van der Waals surface area contributed by atoms with E-state index in [1.807, 2.05) is 0 Å². The van der Waals surface area contributed by atoms with E-state index in [1.165, 1.54) is 19.3 Å². The molecular formula is C15H28N2O. The van der Waals surface area contributed by atoms with Crippen molar-refractivity contribution in [3.05, 3.63) is 0 Å². The molecule has 2 N–H and O–H groups in total. The molecule has 1 saturated carbocycles. The van der Waals surface area contributed by atoms with Crippen molar-refractivity contribution in [1.82, 2.24) is 10.6 Å². The molecule has 3 unspecified atom stereocenters. The lowest BCUT2D eigenvalue weighted by Crippen LogP contribution is -2.49. The van der Waals surface area contributed by atoms with E-state index in [0.29, 0.717) is 12.0 Å². The number of hydrogen-bond acceptors (Lipinski definition) is 2. The third kappa shape index (κ3) is 3.05. The van der Waals surface area contributed by atoms with Gasteiger partial charge < -0.3 is 10.6 Å². The van der Waals surface area contributed by atoms with Gasteiger partial charge in [-0.05, 0) is 57.0 Å². The maximum absolute atomic E-state index is 12.5. The second-order valence-corrected chi connectivity index (χ2v) is 6.85. The maximum atomic E-state index is 12.5. The topological polar surface area (TPSA) is 41.1 Å². The summed E-state index contributed by atoms with van der Waals surface area (Å²) in [5.74, 6) is 1.51. The van der Waals surface area contributed by atoms with E-state index >= 15 is 0 Å². The van der Waals surface area contributed by atoms with Crippen LogP contribution in [0.1, 0.15) is 52.9 Å². The lowest BCUT2D eigenvalue weighted by atomic mass is 9.74. The zero-order chi connectivity index (χ0) is 13.2. The molecule has 2 aliphatic rings. The Labute approximate surface area is 111 Å². The van der Waals surface area contributed by atoms with E-state index in [1.54, 1.807) is 0 Å². The minimum atomic E-state index is -0.237. The van der Waals surface area contributed by atoms with Crippen LogP contribution in [-0.2, 0) is 4.79 Å². The molecule has 104 valence electrons. The molecule has 2 rings (SSSR count). The highest BCUT2D eigenvalue weighted by Crippen LogP contribution is 2.33. The zero-order valence-electron chi connectivity index (χ0n) is 12.1. The predicted molar refractivity (Wildman–Crippen MR) is 74.3 cm³/mol. The fourth-order valence-corrected chi connectivity index (χ4v) is 3.36. The van der Waals surface area contributed by atoms with Gasteiger partial charge in [0.15, 0.2) is 0 Å². The van der Waals surface area contributed by atoms with Crippen LogP contribution < -0.4 is 10.6 Å². The summed E-state index contributed by atoms with van der Waals surface area (Å²) in [4.78, 5) is 12.5. The minimum absolute atomic E-state index is 0.237. The van der Waals surface area contributed by atoms with Crippen molar-refractivity contribution in [2.75, 3.05) is 13.1 Å². The molecule has 0 aromatic rings. The molecule has 18 heavy (non-hydrogen) atoms. The van der Waals surface area contributed by atoms with E-state index in [0.717, 1.165) is 31.8 Å². The summed E-state index contributed by atoms with van der Waals surface area (Å²) in [6, 6.07) is 0.420. The SMILES string of the molecule is CC1CCC(NC(=O)C(C)(C)C2CCCNC2)C1. The molecule has 3 nitrogen and oxygen atoms in total. The maximum Gasteiger partial charge on any atom is 0.226 e. The van der Waals surface area contributed by atoms with Crippen molar-refractivity contribution in [1.29, 1.82) is 0 Å². The van der Waals surface area contributed by atoms with Gasteiger partial charge in [0.05, 0.1) is 0 Å². The second kappa shape index (κ2) is 5.60. The van der Waals surface area contributed by atoms with Crippen molar-refractivity contribution in [3.8, 4) is 0 Å². The van der Waals surface area contributed by atoms with Crippen LogP contribution in [0.25, 0.3) is 0 Å². The summed E-state index contributed by atoms with van der Waals surface area (Å²) in [7, 11) is 0. The molecule has 1 heterocycles. The van der Waals surface area contributed by atoms with Gasteiger partial charge in [-0.15, -0.1) is 0 Å². The van der Waals surface area contributed by atoms with Crippen LogP contribution in [0.5, 0.6) is 0 Å². The number of amides is 1. The molecule has 3 heteroatoms. The molecule has 0 spiro atoms. The Bertz CT molecular complexity index is 295. The quantitative estimate of drug-likeness (QED) is 0.809. The molecular weight excluding hydrogens is 224 g/mol. The first-order valence-corrected chi connectivity index (χ1v) is 7.52. The first-order chi connectivity index (χ1) is 8.50. The molecule has 0 radical (unpaired) electrons. The van der Waals surface area contributed by atoms with Gasteiger partial charge in [-0.2, -0.15) is 0 Å². The van der Waals surface area contributed by atoms with Gasteiger partial charge in [0.2, 0.25) is 5.91 Å². The Morgan fingerprint density at radius 2 is 2.06 bits per heavy atom. The largest absolute Gasteiger partial charge is 0.353 e. The van der Waals surface area contributed by atoms with E-state index in [-0.39, 0.29) is 11.3 Å². The Kier molecular flexibility index (Phi) is 4.31. The number of carbonyl (C=O) groups excluding carboxylic acids is 1. The molecule has 2 fully saturated rings. The number of hydrogen-bond donors (Lipinski definition) is 2. The Balaban J connectivity index is 1.89.